The second-order valence-electron chi connectivity index (χ2n) is 4.44. The summed E-state index contributed by atoms with van der Waals surface area (Å²) in [4.78, 5) is 26.6. The summed E-state index contributed by atoms with van der Waals surface area (Å²) in [5, 5.41) is 13.8. The molecule has 2 atom stereocenters. The van der Waals surface area contributed by atoms with Crippen LogP contribution in [0.3, 0.4) is 0 Å². The summed E-state index contributed by atoms with van der Waals surface area (Å²) in [6.07, 6.45) is 1.59. The Morgan fingerprint density at radius 1 is 1.50 bits per heavy atom. The van der Waals surface area contributed by atoms with Gasteiger partial charge in [0.2, 0.25) is 5.91 Å². The fourth-order valence-electron chi connectivity index (χ4n) is 2.06. The normalized spacial score (nSPS) is 26.1. The standard InChI is InChI=1S/C10H12N2O3S/c1-10(2)5(6(10)8(14)15)7(13)12-9-11-3-4-16-9/h3-6H,1-2H3,(H,14,15)(H,11,12,13). The van der Waals surface area contributed by atoms with Gasteiger partial charge in [-0.3, -0.25) is 9.59 Å². The third-order valence-electron chi connectivity index (χ3n) is 3.04. The molecule has 1 aromatic heterocycles. The number of aromatic nitrogens is 1. The van der Waals surface area contributed by atoms with Crippen molar-refractivity contribution in [2.45, 2.75) is 13.8 Å². The van der Waals surface area contributed by atoms with E-state index in [1.54, 1.807) is 25.4 Å². The minimum atomic E-state index is -0.913. The van der Waals surface area contributed by atoms with Gasteiger partial charge in [0, 0.05) is 11.6 Å². The number of rotatable bonds is 3. The van der Waals surface area contributed by atoms with Crippen LogP contribution in [0, 0.1) is 17.3 Å². The number of carbonyl (C=O) groups is 2. The van der Waals surface area contributed by atoms with Crippen LogP contribution in [0.4, 0.5) is 5.13 Å². The maximum atomic E-state index is 11.8. The fourth-order valence-corrected chi connectivity index (χ4v) is 2.59. The Morgan fingerprint density at radius 2 is 2.19 bits per heavy atom. The first-order chi connectivity index (χ1) is 7.44. The van der Waals surface area contributed by atoms with E-state index in [0.29, 0.717) is 5.13 Å². The molecular formula is C10H12N2O3S. The van der Waals surface area contributed by atoms with Gasteiger partial charge in [0.25, 0.3) is 0 Å². The van der Waals surface area contributed by atoms with Crippen molar-refractivity contribution in [3.63, 3.8) is 0 Å². The number of carboxylic acid groups (broad SMARTS) is 1. The van der Waals surface area contributed by atoms with E-state index in [1.165, 1.54) is 11.3 Å². The highest BCUT2D eigenvalue weighted by molar-refractivity contribution is 7.13. The lowest BCUT2D eigenvalue weighted by Crippen LogP contribution is -2.17. The van der Waals surface area contributed by atoms with Crippen LogP contribution in [0.2, 0.25) is 0 Å². The van der Waals surface area contributed by atoms with E-state index in [9.17, 15) is 9.59 Å². The number of carboxylic acids is 1. The van der Waals surface area contributed by atoms with E-state index in [-0.39, 0.29) is 5.91 Å². The number of thiazole rings is 1. The van der Waals surface area contributed by atoms with E-state index in [2.05, 4.69) is 10.3 Å². The summed E-state index contributed by atoms with van der Waals surface area (Å²) in [6.45, 7) is 3.58. The number of anilines is 1. The molecule has 86 valence electrons. The maximum Gasteiger partial charge on any atom is 0.307 e. The Bertz CT molecular complexity index is 427. The molecule has 16 heavy (non-hydrogen) atoms. The third-order valence-corrected chi connectivity index (χ3v) is 3.73. The Kier molecular flexibility index (Phi) is 2.46. The Balaban J connectivity index is 2.05. The van der Waals surface area contributed by atoms with Crippen LogP contribution in [0.15, 0.2) is 11.6 Å². The molecule has 1 aliphatic rings. The van der Waals surface area contributed by atoms with Crippen LogP contribution in [-0.2, 0) is 9.59 Å². The second kappa shape index (κ2) is 3.55. The first-order valence-corrected chi connectivity index (χ1v) is 5.75. The quantitative estimate of drug-likeness (QED) is 0.837. The van der Waals surface area contributed by atoms with Crippen molar-refractivity contribution in [1.82, 2.24) is 4.98 Å². The molecule has 0 spiro atoms. The van der Waals surface area contributed by atoms with E-state index in [1.807, 2.05) is 0 Å². The van der Waals surface area contributed by atoms with Gasteiger partial charge in [0.1, 0.15) is 0 Å². The largest absolute Gasteiger partial charge is 0.481 e. The highest BCUT2D eigenvalue weighted by Gasteiger charge is 2.65. The van der Waals surface area contributed by atoms with Gasteiger partial charge >= 0.3 is 5.97 Å². The molecule has 1 saturated carbocycles. The highest BCUT2D eigenvalue weighted by Crippen LogP contribution is 2.58. The van der Waals surface area contributed by atoms with Gasteiger partial charge in [-0.05, 0) is 5.41 Å². The molecule has 0 bridgehead atoms. The number of carbonyl (C=O) groups excluding carboxylic acids is 1. The van der Waals surface area contributed by atoms with Crippen molar-refractivity contribution >= 4 is 28.3 Å². The van der Waals surface area contributed by atoms with Gasteiger partial charge in [0.05, 0.1) is 11.8 Å². The van der Waals surface area contributed by atoms with Crippen molar-refractivity contribution in [2.75, 3.05) is 5.32 Å². The summed E-state index contributed by atoms with van der Waals surface area (Å²) in [6, 6.07) is 0. The van der Waals surface area contributed by atoms with Crippen molar-refractivity contribution in [3.8, 4) is 0 Å². The molecule has 0 saturated heterocycles. The van der Waals surface area contributed by atoms with Gasteiger partial charge in [-0.15, -0.1) is 11.3 Å². The number of amides is 1. The molecule has 5 nitrogen and oxygen atoms in total. The average molecular weight is 240 g/mol. The number of nitrogens with zero attached hydrogens (tertiary/aromatic N) is 1. The zero-order chi connectivity index (χ0) is 11.9. The van der Waals surface area contributed by atoms with Gasteiger partial charge in [-0.2, -0.15) is 0 Å². The van der Waals surface area contributed by atoms with Gasteiger partial charge in [-0.25, -0.2) is 4.98 Å². The lowest BCUT2D eigenvalue weighted by molar-refractivity contribution is -0.140. The summed E-state index contributed by atoms with van der Waals surface area (Å²) in [7, 11) is 0. The average Bonchev–Trinajstić information content (AvgIpc) is 2.58. The summed E-state index contributed by atoms with van der Waals surface area (Å²) in [5.41, 5.74) is -0.465. The van der Waals surface area contributed by atoms with Crippen molar-refractivity contribution in [2.24, 2.45) is 17.3 Å². The molecule has 2 N–H and O–H groups in total. The van der Waals surface area contributed by atoms with Gasteiger partial charge in [-0.1, -0.05) is 13.8 Å². The highest BCUT2D eigenvalue weighted by atomic mass is 32.1. The van der Waals surface area contributed by atoms with Crippen LogP contribution in [-0.4, -0.2) is 22.0 Å². The molecule has 6 heteroatoms. The molecule has 2 unspecified atom stereocenters. The maximum absolute atomic E-state index is 11.8. The molecular weight excluding hydrogens is 228 g/mol. The summed E-state index contributed by atoms with van der Waals surface area (Å²) >= 11 is 1.32. The molecule has 1 heterocycles. The molecule has 0 radical (unpaired) electrons. The minimum absolute atomic E-state index is 0.257. The molecule has 1 fully saturated rings. The Hall–Kier alpha value is -1.43. The predicted molar refractivity (Wildman–Crippen MR) is 59.1 cm³/mol. The van der Waals surface area contributed by atoms with Crippen molar-refractivity contribution < 1.29 is 14.7 Å². The molecule has 0 aliphatic heterocycles. The number of hydrogen-bond acceptors (Lipinski definition) is 4. The zero-order valence-electron chi connectivity index (χ0n) is 8.93. The summed E-state index contributed by atoms with van der Waals surface area (Å²) < 4.78 is 0. The molecule has 1 aliphatic carbocycles. The van der Waals surface area contributed by atoms with Crippen molar-refractivity contribution in [3.05, 3.63) is 11.6 Å². The lowest BCUT2D eigenvalue weighted by atomic mass is 10.1. The topological polar surface area (TPSA) is 79.3 Å². The van der Waals surface area contributed by atoms with Crippen LogP contribution >= 0.6 is 11.3 Å². The lowest BCUT2D eigenvalue weighted by Gasteiger charge is -2.01. The van der Waals surface area contributed by atoms with Crippen LogP contribution in [0.25, 0.3) is 0 Å². The van der Waals surface area contributed by atoms with E-state index in [0.717, 1.165) is 0 Å². The van der Waals surface area contributed by atoms with Crippen LogP contribution in [0.5, 0.6) is 0 Å². The fraction of sp³-hybridized carbons (Fsp3) is 0.500. The predicted octanol–water partition coefficient (Wildman–Crippen LogP) is 1.44. The summed E-state index contributed by atoms with van der Waals surface area (Å²) in [5.74, 6) is -2.22. The second-order valence-corrected chi connectivity index (χ2v) is 5.34. The molecule has 0 aromatic carbocycles. The number of nitrogens with one attached hydrogen (secondary N) is 1. The molecule has 2 rings (SSSR count). The van der Waals surface area contributed by atoms with E-state index < -0.39 is 23.2 Å². The van der Waals surface area contributed by atoms with Crippen LogP contribution < -0.4 is 5.32 Å². The Morgan fingerprint density at radius 3 is 2.62 bits per heavy atom. The number of aliphatic carboxylic acids is 1. The third kappa shape index (κ3) is 1.69. The van der Waals surface area contributed by atoms with E-state index >= 15 is 0 Å². The molecule has 1 amide bonds. The van der Waals surface area contributed by atoms with E-state index in [4.69, 9.17) is 5.11 Å². The Labute approximate surface area is 96.5 Å². The smallest absolute Gasteiger partial charge is 0.307 e. The SMILES string of the molecule is CC1(C)C(C(=O)O)C1C(=O)Nc1nccs1. The molecule has 1 aromatic rings. The monoisotopic (exact) mass is 240 g/mol. The first kappa shape index (κ1) is 11.1. The van der Waals surface area contributed by atoms with Crippen molar-refractivity contribution in [1.29, 1.82) is 0 Å². The van der Waals surface area contributed by atoms with Gasteiger partial charge < -0.3 is 10.4 Å². The number of hydrogen-bond donors (Lipinski definition) is 2. The minimum Gasteiger partial charge on any atom is -0.481 e. The van der Waals surface area contributed by atoms with Crippen LogP contribution in [0.1, 0.15) is 13.8 Å². The zero-order valence-corrected chi connectivity index (χ0v) is 9.75. The first-order valence-electron chi connectivity index (χ1n) is 4.87. The van der Waals surface area contributed by atoms with Gasteiger partial charge in [0.15, 0.2) is 5.13 Å².